The van der Waals surface area contributed by atoms with Gasteiger partial charge in [0.25, 0.3) is 5.91 Å². The third-order valence-electron chi connectivity index (χ3n) is 3.92. The molecular weight excluding hydrogens is 467 g/mol. The number of nitriles is 1. The first-order valence-corrected chi connectivity index (χ1v) is 10.2. The average molecular weight is 490 g/mol. The van der Waals surface area contributed by atoms with Crippen LogP contribution in [-0.4, -0.2) is 19.1 Å². The van der Waals surface area contributed by atoms with Gasteiger partial charge in [-0.25, -0.2) is 0 Å². The van der Waals surface area contributed by atoms with Gasteiger partial charge in [-0.1, -0.05) is 19.1 Å². The molecule has 0 spiro atoms. The normalized spacial score (nSPS) is 10.9. The summed E-state index contributed by atoms with van der Waals surface area (Å²) in [4.78, 5) is 12.5. The Bertz CT molecular complexity index is 899. The van der Waals surface area contributed by atoms with Gasteiger partial charge in [-0.05, 0) is 84.3 Å². The van der Waals surface area contributed by atoms with Crippen LogP contribution in [0.4, 0.5) is 5.69 Å². The van der Waals surface area contributed by atoms with Crippen LogP contribution in [0.5, 0.6) is 11.5 Å². The van der Waals surface area contributed by atoms with Gasteiger partial charge in [0.2, 0.25) is 0 Å². The summed E-state index contributed by atoms with van der Waals surface area (Å²) in [6.45, 7) is 6.88. The molecule has 2 aromatic rings. The fraction of sp³-hybridized carbons (Fsp3) is 0.273. The van der Waals surface area contributed by atoms with Crippen molar-refractivity contribution in [2.75, 3.05) is 18.5 Å². The number of nitrogens with one attached hydrogen (secondary N) is 1. The molecule has 0 heterocycles. The van der Waals surface area contributed by atoms with Gasteiger partial charge in [0.15, 0.2) is 11.5 Å². The van der Waals surface area contributed by atoms with Crippen molar-refractivity contribution in [1.82, 2.24) is 0 Å². The molecule has 2 rings (SSSR count). The van der Waals surface area contributed by atoms with Crippen molar-refractivity contribution in [3.8, 4) is 17.6 Å². The van der Waals surface area contributed by atoms with Crippen LogP contribution in [-0.2, 0) is 11.2 Å². The second-order valence-corrected chi connectivity index (χ2v) is 7.03. The molecule has 0 aliphatic rings. The SMILES string of the molecule is CCOc1cc(/C=C(/C#N)C(=O)Nc2ccc(CC)cc2)cc(I)c1OCC. The monoisotopic (exact) mass is 490 g/mol. The number of rotatable bonds is 8. The van der Waals surface area contributed by atoms with Crippen LogP contribution in [0.25, 0.3) is 6.08 Å². The molecule has 1 N–H and O–H groups in total. The summed E-state index contributed by atoms with van der Waals surface area (Å²) >= 11 is 2.16. The van der Waals surface area contributed by atoms with Crippen LogP contribution in [0.1, 0.15) is 31.9 Å². The lowest BCUT2D eigenvalue weighted by atomic mass is 10.1. The lowest BCUT2D eigenvalue weighted by Gasteiger charge is -2.13. The first kappa shape index (κ1) is 21.8. The summed E-state index contributed by atoms with van der Waals surface area (Å²) in [5, 5.41) is 12.2. The van der Waals surface area contributed by atoms with Crippen molar-refractivity contribution in [3.05, 3.63) is 56.7 Å². The number of carbonyl (C=O) groups excluding carboxylic acids is 1. The summed E-state index contributed by atoms with van der Waals surface area (Å²) < 4.78 is 12.2. The summed E-state index contributed by atoms with van der Waals surface area (Å²) in [6, 6.07) is 13.2. The molecule has 28 heavy (non-hydrogen) atoms. The minimum absolute atomic E-state index is 0.0157. The van der Waals surface area contributed by atoms with Crippen LogP contribution >= 0.6 is 22.6 Å². The van der Waals surface area contributed by atoms with E-state index in [1.54, 1.807) is 12.1 Å². The number of benzene rings is 2. The van der Waals surface area contributed by atoms with Gasteiger partial charge >= 0.3 is 0 Å². The Balaban J connectivity index is 2.29. The van der Waals surface area contributed by atoms with Gasteiger partial charge < -0.3 is 14.8 Å². The fourth-order valence-corrected chi connectivity index (χ4v) is 3.34. The van der Waals surface area contributed by atoms with Crippen molar-refractivity contribution in [2.45, 2.75) is 27.2 Å². The van der Waals surface area contributed by atoms with E-state index < -0.39 is 5.91 Å². The number of hydrogen-bond donors (Lipinski definition) is 1. The molecule has 5 nitrogen and oxygen atoms in total. The molecule has 0 aliphatic carbocycles. The Morgan fingerprint density at radius 2 is 1.82 bits per heavy atom. The third-order valence-corrected chi connectivity index (χ3v) is 4.72. The highest BCUT2D eigenvalue weighted by Crippen LogP contribution is 2.35. The van der Waals surface area contributed by atoms with Crippen molar-refractivity contribution < 1.29 is 14.3 Å². The van der Waals surface area contributed by atoms with Gasteiger partial charge in [-0.15, -0.1) is 0 Å². The van der Waals surface area contributed by atoms with E-state index in [0.717, 1.165) is 9.99 Å². The average Bonchev–Trinajstić information content (AvgIpc) is 2.69. The van der Waals surface area contributed by atoms with Gasteiger partial charge in [0.05, 0.1) is 16.8 Å². The smallest absolute Gasteiger partial charge is 0.266 e. The zero-order chi connectivity index (χ0) is 20.5. The molecule has 146 valence electrons. The molecule has 0 atom stereocenters. The highest BCUT2D eigenvalue weighted by atomic mass is 127. The number of halogens is 1. The van der Waals surface area contributed by atoms with E-state index in [1.807, 2.05) is 50.2 Å². The maximum absolute atomic E-state index is 12.5. The molecule has 1 amide bonds. The molecule has 0 saturated carbocycles. The molecule has 0 fully saturated rings. The van der Waals surface area contributed by atoms with E-state index in [2.05, 4.69) is 34.8 Å². The van der Waals surface area contributed by atoms with Crippen LogP contribution in [0.3, 0.4) is 0 Å². The minimum atomic E-state index is -0.450. The molecule has 0 aromatic heterocycles. The van der Waals surface area contributed by atoms with E-state index >= 15 is 0 Å². The highest BCUT2D eigenvalue weighted by molar-refractivity contribution is 14.1. The van der Waals surface area contributed by atoms with Crippen LogP contribution in [0.2, 0.25) is 0 Å². The summed E-state index contributed by atoms with van der Waals surface area (Å²) in [5.74, 6) is 0.810. The largest absolute Gasteiger partial charge is 0.490 e. The highest BCUT2D eigenvalue weighted by Gasteiger charge is 2.14. The van der Waals surface area contributed by atoms with Crippen molar-refractivity contribution in [2.24, 2.45) is 0 Å². The van der Waals surface area contributed by atoms with Gasteiger partial charge in [-0.2, -0.15) is 5.26 Å². The third kappa shape index (κ3) is 5.73. The van der Waals surface area contributed by atoms with Gasteiger partial charge in [-0.3, -0.25) is 4.79 Å². The van der Waals surface area contributed by atoms with Crippen LogP contribution < -0.4 is 14.8 Å². The van der Waals surface area contributed by atoms with Gasteiger partial charge in [0.1, 0.15) is 11.6 Å². The summed E-state index contributed by atoms with van der Waals surface area (Å²) in [7, 11) is 0. The number of hydrogen-bond acceptors (Lipinski definition) is 4. The molecule has 0 unspecified atom stereocenters. The minimum Gasteiger partial charge on any atom is -0.490 e. The molecule has 0 bridgehead atoms. The zero-order valence-corrected chi connectivity index (χ0v) is 18.4. The van der Waals surface area contributed by atoms with E-state index in [-0.39, 0.29) is 5.57 Å². The Kier molecular flexibility index (Phi) is 8.33. The molecule has 0 saturated heterocycles. The number of amides is 1. The van der Waals surface area contributed by atoms with E-state index in [9.17, 15) is 10.1 Å². The molecule has 2 aromatic carbocycles. The van der Waals surface area contributed by atoms with E-state index in [1.165, 1.54) is 5.56 Å². The van der Waals surface area contributed by atoms with E-state index in [0.29, 0.717) is 36.0 Å². The Morgan fingerprint density at radius 1 is 1.14 bits per heavy atom. The topological polar surface area (TPSA) is 71.3 Å². The molecule has 6 heteroatoms. The zero-order valence-electron chi connectivity index (χ0n) is 16.2. The maximum atomic E-state index is 12.5. The van der Waals surface area contributed by atoms with Crippen molar-refractivity contribution in [3.63, 3.8) is 0 Å². The lowest BCUT2D eigenvalue weighted by Crippen LogP contribution is -2.13. The lowest BCUT2D eigenvalue weighted by molar-refractivity contribution is -0.112. The Hall–Kier alpha value is -2.53. The Labute approximate surface area is 179 Å². The molecule has 0 radical (unpaired) electrons. The number of carbonyl (C=O) groups is 1. The van der Waals surface area contributed by atoms with Crippen molar-refractivity contribution in [1.29, 1.82) is 5.26 Å². The predicted octanol–water partition coefficient (Wildman–Crippen LogP) is 5.20. The second-order valence-electron chi connectivity index (χ2n) is 5.87. The maximum Gasteiger partial charge on any atom is 0.266 e. The Morgan fingerprint density at radius 3 is 2.39 bits per heavy atom. The second kappa shape index (κ2) is 10.7. The van der Waals surface area contributed by atoms with E-state index in [4.69, 9.17) is 9.47 Å². The number of ether oxygens (including phenoxy) is 2. The molecular formula is C22H23IN2O3. The number of anilines is 1. The molecule has 0 aliphatic heterocycles. The predicted molar refractivity (Wildman–Crippen MR) is 120 cm³/mol. The van der Waals surface area contributed by atoms with Gasteiger partial charge in [0, 0.05) is 5.69 Å². The summed E-state index contributed by atoms with van der Waals surface area (Å²) in [6.07, 6.45) is 2.48. The fourth-order valence-electron chi connectivity index (χ4n) is 2.56. The van der Waals surface area contributed by atoms with Crippen molar-refractivity contribution >= 4 is 40.3 Å². The van der Waals surface area contributed by atoms with Crippen LogP contribution in [0, 0.1) is 14.9 Å². The quantitative estimate of drug-likeness (QED) is 0.314. The van der Waals surface area contributed by atoms with Crippen LogP contribution in [0.15, 0.2) is 42.0 Å². The standard InChI is InChI=1S/C22H23IN2O3/c1-4-15-7-9-18(10-8-15)25-22(26)17(14-24)11-16-12-19(23)21(28-6-3)20(13-16)27-5-2/h7-13H,4-6H2,1-3H3,(H,25,26)/b17-11-. The summed E-state index contributed by atoms with van der Waals surface area (Å²) in [5.41, 5.74) is 2.55. The first-order chi connectivity index (χ1) is 13.5. The first-order valence-electron chi connectivity index (χ1n) is 9.13. The number of aryl methyl sites for hydroxylation is 1. The number of nitrogens with zero attached hydrogens (tertiary/aromatic N) is 1.